The smallest absolute Gasteiger partial charge is 0.119 e. The Kier molecular flexibility index (Phi) is 5.39. The average molecular weight is 330 g/mol. The zero-order chi connectivity index (χ0) is 12.8. The lowest BCUT2D eigenvalue weighted by Gasteiger charge is -2.40. The third kappa shape index (κ3) is 3.90. The van der Waals surface area contributed by atoms with E-state index in [9.17, 15) is 0 Å². The fourth-order valence-electron chi connectivity index (χ4n) is 2.11. The molecule has 1 aromatic rings. The second-order valence-corrected chi connectivity index (χ2v) is 6.91. The van der Waals surface area contributed by atoms with Gasteiger partial charge in [-0.25, -0.2) is 0 Å². The molecule has 0 aliphatic heterocycles. The highest BCUT2D eigenvalue weighted by molar-refractivity contribution is 9.10. The quantitative estimate of drug-likeness (QED) is 0.770. The van der Waals surface area contributed by atoms with Crippen molar-refractivity contribution in [3.05, 3.63) is 28.7 Å². The van der Waals surface area contributed by atoms with Crippen LogP contribution >= 0.6 is 27.7 Å². The first kappa shape index (κ1) is 14.2. The Hall–Kier alpha value is -0.190. The van der Waals surface area contributed by atoms with Gasteiger partial charge in [-0.15, -0.1) is 0 Å². The van der Waals surface area contributed by atoms with Gasteiger partial charge in [-0.1, -0.05) is 22.4 Å². The molecule has 0 atom stereocenters. The first-order valence-corrected chi connectivity index (χ1v) is 8.40. The topological polar surface area (TPSA) is 21.3 Å². The molecule has 1 aliphatic rings. The van der Waals surface area contributed by atoms with E-state index in [1.807, 2.05) is 36.0 Å². The maximum atomic E-state index is 5.67. The van der Waals surface area contributed by atoms with E-state index in [1.54, 1.807) is 0 Å². The van der Waals surface area contributed by atoms with Crippen LogP contribution in [0.25, 0.3) is 0 Å². The summed E-state index contributed by atoms with van der Waals surface area (Å²) in [5.74, 6) is 0.934. The van der Waals surface area contributed by atoms with Gasteiger partial charge in [-0.2, -0.15) is 11.8 Å². The summed E-state index contributed by atoms with van der Waals surface area (Å²) in [5, 5.41) is 3.51. The van der Waals surface area contributed by atoms with Crippen LogP contribution in [0.15, 0.2) is 28.7 Å². The van der Waals surface area contributed by atoms with Gasteiger partial charge in [-0.3, -0.25) is 0 Å². The fourth-order valence-corrected chi connectivity index (χ4v) is 3.32. The molecule has 100 valence electrons. The van der Waals surface area contributed by atoms with Crippen LogP contribution < -0.4 is 10.1 Å². The maximum absolute atomic E-state index is 5.67. The fraction of sp³-hybridized carbons (Fsp3) is 0.571. The number of benzene rings is 1. The van der Waals surface area contributed by atoms with Crippen LogP contribution in [0, 0.1) is 0 Å². The lowest BCUT2D eigenvalue weighted by Crippen LogP contribution is -2.44. The minimum atomic E-state index is 0.512. The first-order valence-electron chi connectivity index (χ1n) is 6.38. The number of rotatable bonds is 7. The summed E-state index contributed by atoms with van der Waals surface area (Å²) in [7, 11) is 0. The molecule has 0 aromatic heterocycles. The molecule has 0 radical (unpaired) electrons. The van der Waals surface area contributed by atoms with Gasteiger partial charge in [0, 0.05) is 22.3 Å². The van der Waals surface area contributed by atoms with Crippen molar-refractivity contribution in [3.63, 3.8) is 0 Å². The predicted octanol–water partition coefficient (Wildman–Crippen LogP) is 3.70. The molecule has 1 aromatic carbocycles. The molecule has 1 saturated carbocycles. The van der Waals surface area contributed by atoms with Gasteiger partial charge in [0.25, 0.3) is 0 Å². The molecule has 0 saturated heterocycles. The highest BCUT2D eigenvalue weighted by Crippen LogP contribution is 2.42. The third-order valence-electron chi connectivity index (χ3n) is 3.51. The third-order valence-corrected chi connectivity index (χ3v) is 5.45. The molecule has 0 heterocycles. The van der Waals surface area contributed by atoms with Crippen LogP contribution in [0.5, 0.6) is 5.75 Å². The Bertz CT molecular complexity index is 359. The Balaban J connectivity index is 1.60. The van der Waals surface area contributed by atoms with Crippen LogP contribution in [0.3, 0.4) is 0 Å². The molecule has 1 aliphatic carbocycles. The van der Waals surface area contributed by atoms with Crippen molar-refractivity contribution in [2.75, 3.05) is 26.0 Å². The minimum Gasteiger partial charge on any atom is -0.492 e. The largest absolute Gasteiger partial charge is 0.492 e. The van der Waals surface area contributed by atoms with E-state index >= 15 is 0 Å². The first-order chi connectivity index (χ1) is 8.74. The molecular weight excluding hydrogens is 310 g/mol. The SMILES string of the molecule is CSC1(CNCCOc2ccc(Br)cc2)CCC1. The summed E-state index contributed by atoms with van der Waals surface area (Å²) in [6.45, 7) is 2.75. The van der Waals surface area contributed by atoms with Crippen LogP contribution in [0.1, 0.15) is 19.3 Å². The average Bonchev–Trinajstić information content (AvgIpc) is 2.34. The van der Waals surface area contributed by atoms with Gasteiger partial charge in [0.05, 0.1) is 0 Å². The molecule has 4 heteroatoms. The number of thioether (sulfide) groups is 1. The molecule has 1 fully saturated rings. The lowest BCUT2D eigenvalue weighted by molar-refractivity contribution is 0.295. The van der Waals surface area contributed by atoms with Crippen LogP contribution in [0.4, 0.5) is 0 Å². The highest BCUT2D eigenvalue weighted by atomic mass is 79.9. The number of ether oxygens (including phenoxy) is 1. The van der Waals surface area contributed by atoms with Crippen LogP contribution in [-0.4, -0.2) is 30.7 Å². The predicted molar refractivity (Wildman–Crippen MR) is 82.6 cm³/mol. The van der Waals surface area contributed by atoms with Crippen molar-refractivity contribution in [2.24, 2.45) is 0 Å². The molecule has 0 spiro atoms. The molecule has 0 bridgehead atoms. The summed E-state index contributed by atoms with van der Waals surface area (Å²) in [6.07, 6.45) is 6.32. The van der Waals surface area contributed by atoms with Crippen molar-refractivity contribution in [1.82, 2.24) is 5.32 Å². The summed E-state index contributed by atoms with van der Waals surface area (Å²) in [4.78, 5) is 0. The van der Waals surface area contributed by atoms with E-state index in [4.69, 9.17) is 4.74 Å². The van der Waals surface area contributed by atoms with Gasteiger partial charge in [0.15, 0.2) is 0 Å². The van der Waals surface area contributed by atoms with Crippen LogP contribution in [-0.2, 0) is 0 Å². The van der Waals surface area contributed by atoms with Gasteiger partial charge < -0.3 is 10.1 Å². The second kappa shape index (κ2) is 6.83. The van der Waals surface area contributed by atoms with Crippen molar-refractivity contribution in [2.45, 2.75) is 24.0 Å². The molecule has 0 unspecified atom stereocenters. The van der Waals surface area contributed by atoms with E-state index in [1.165, 1.54) is 19.3 Å². The summed E-state index contributed by atoms with van der Waals surface area (Å²) in [5.41, 5.74) is 0. The Morgan fingerprint density at radius 1 is 1.33 bits per heavy atom. The van der Waals surface area contributed by atoms with Gasteiger partial charge in [0.1, 0.15) is 12.4 Å². The standard InChI is InChI=1S/C14H20BrNOS/c1-18-14(7-2-8-14)11-16-9-10-17-13-5-3-12(15)4-6-13/h3-6,16H,2,7-11H2,1H3. The van der Waals surface area contributed by atoms with E-state index in [-0.39, 0.29) is 0 Å². The molecule has 18 heavy (non-hydrogen) atoms. The maximum Gasteiger partial charge on any atom is 0.119 e. The van der Waals surface area contributed by atoms with Crippen molar-refractivity contribution < 1.29 is 4.74 Å². The highest BCUT2D eigenvalue weighted by Gasteiger charge is 2.35. The summed E-state index contributed by atoms with van der Waals surface area (Å²) in [6, 6.07) is 7.97. The minimum absolute atomic E-state index is 0.512. The van der Waals surface area contributed by atoms with Gasteiger partial charge in [0.2, 0.25) is 0 Å². The van der Waals surface area contributed by atoms with Crippen LogP contribution in [0.2, 0.25) is 0 Å². The summed E-state index contributed by atoms with van der Waals surface area (Å²) >= 11 is 5.42. The molecule has 2 nitrogen and oxygen atoms in total. The zero-order valence-corrected chi connectivity index (χ0v) is 13.1. The Labute approximate surface area is 122 Å². The van der Waals surface area contributed by atoms with Crippen molar-refractivity contribution in [1.29, 1.82) is 0 Å². The van der Waals surface area contributed by atoms with E-state index in [0.717, 1.165) is 29.9 Å². The molecule has 1 N–H and O–H groups in total. The summed E-state index contributed by atoms with van der Waals surface area (Å²) < 4.78 is 7.27. The number of halogens is 1. The number of hydrogen-bond acceptors (Lipinski definition) is 3. The molecule has 2 rings (SSSR count). The van der Waals surface area contributed by atoms with E-state index in [0.29, 0.717) is 4.75 Å². The van der Waals surface area contributed by atoms with Crippen molar-refractivity contribution in [3.8, 4) is 5.75 Å². The monoisotopic (exact) mass is 329 g/mol. The lowest BCUT2D eigenvalue weighted by atomic mass is 9.84. The Morgan fingerprint density at radius 2 is 2.06 bits per heavy atom. The number of nitrogens with one attached hydrogen (secondary N) is 1. The number of hydrogen-bond donors (Lipinski definition) is 1. The second-order valence-electron chi connectivity index (χ2n) is 4.72. The van der Waals surface area contributed by atoms with Gasteiger partial charge in [-0.05, 0) is 43.4 Å². The zero-order valence-electron chi connectivity index (χ0n) is 10.7. The van der Waals surface area contributed by atoms with E-state index < -0.39 is 0 Å². The van der Waals surface area contributed by atoms with Crippen molar-refractivity contribution >= 4 is 27.7 Å². The molecule has 0 amide bonds. The van der Waals surface area contributed by atoms with E-state index in [2.05, 4.69) is 27.5 Å². The van der Waals surface area contributed by atoms with Gasteiger partial charge >= 0.3 is 0 Å². The molecular formula is C14H20BrNOS. The Morgan fingerprint density at radius 3 is 2.61 bits per heavy atom. The normalized spacial score (nSPS) is 17.2.